The van der Waals surface area contributed by atoms with Crippen molar-refractivity contribution in [3.05, 3.63) is 23.0 Å². The van der Waals surface area contributed by atoms with Crippen LogP contribution in [0, 0.1) is 0 Å². The first kappa shape index (κ1) is 5.79. The van der Waals surface area contributed by atoms with Crippen LogP contribution >= 0.6 is 10.5 Å². The summed E-state index contributed by atoms with van der Waals surface area (Å²) in [7, 11) is -0.0679. The SMILES string of the molecule is CC(O)=S1C=CC=C1. The van der Waals surface area contributed by atoms with Crippen molar-refractivity contribution < 1.29 is 5.11 Å². The molecule has 0 unspecified atom stereocenters. The first-order valence-corrected chi connectivity index (χ1v) is 3.75. The van der Waals surface area contributed by atoms with Crippen molar-refractivity contribution in [3.8, 4) is 0 Å². The summed E-state index contributed by atoms with van der Waals surface area (Å²) in [5.41, 5.74) is 0. The van der Waals surface area contributed by atoms with E-state index in [1.165, 1.54) is 0 Å². The predicted molar refractivity (Wildman–Crippen MR) is 39.2 cm³/mol. The van der Waals surface area contributed by atoms with Gasteiger partial charge in [-0.3, -0.25) is 0 Å². The number of hydrogen-bond donors (Lipinski definition) is 1. The molecule has 0 aliphatic carbocycles. The van der Waals surface area contributed by atoms with Gasteiger partial charge in [-0.25, -0.2) is 0 Å². The summed E-state index contributed by atoms with van der Waals surface area (Å²) in [5.74, 6) is 0. The van der Waals surface area contributed by atoms with E-state index >= 15 is 0 Å². The van der Waals surface area contributed by atoms with Crippen LogP contribution in [-0.4, -0.2) is 10.2 Å². The fraction of sp³-hybridized carbons (Fsp3) is 0.167. The molecular formula is C6H8OS. The number of rotatable bonds is 0. The lowest BCUT2D eigenvalue weighted by Gasteiger charge is -1.91. The maximum Gasteiger partial charge on any atom is 0.0768 e. The monoisotopic (exact) mass is 128 g/mol. The van der Waals surface area contributed by atoms with E-state index in [1.807, 2.05) is 23.0 Å². The molecule has 2 heteroatoms. The van der Waals surface area contributed by atoms with Gasteiger partial charge in [0.1, 0.15) is 0 Å². The lowest BCUT2D eigenvalue weighted by molar-refractivity contribution is 0.564. The fourth-order valence-electron chi connectivity index (χ4n) is 0.502. The summed E-state index contributed by atoms with van der Waals surface area (Å²) in [6, 6.07) is 0. The highest BCUT2D eigenvalue weighted by molar-refractivity contribution is 8.20. The minimum Gasteiger partial charge on any atom is -0.359 e. The number of aliphatic hydroxyl groups is 1. The second kappa shape index (κ2) is 2.29. The predicted octanol–water partition coefficient (Wildman–Crippen LogP) is 2.00. The highest BCUT2D eigenvalue weighted by Crippen LogP contribution is 2.22. The molecule has 0 radical (unpaired) electrons. The third kappa shape index (κ3) is 1.08. The minimum atomic E-state index is -0.0679. The van der Waals surface area contributed by atoms with Gasteiger partial charge in [-0.1, -0.05) is 12.2 Å². The van der Waals surface area contributed by atoms with Crippen molar-refractivity contribution >= 4 is 15.5 Å². The van der Waals surface area contributed by atoms with E-state index in [1.54, 1.807) is 6.92 Å². The summed E-state index contributed by atoms with van der Waals surface area (Å²) in [4.78, 5) is 0. The van der Waals surface area contributed by atoms with Gasteiger partial charge in [0.15, 0.2) is 0 Å². The van der Waals surface area contributed by atoms with Gasteiger partial charge >= 0.3 is 0 Å². The maximum absolute atomic E-state index is 8.88. The van der Waals surface area contributed by atoms with Crippen LogP contribution in [-0.2, 0) is 0 Å². The second-order valence-corrected chi connectivity index (χ2v) is 3.43. The van der Waals surface area contributed by atoms with E-state index in [2.05, 4.69) is 0 Å². The zero-order valence-electron chi connectivity index (χ0n) is 4.66. The molecule has 0 saturated heterocycles. The van der Waals surface area contributed by atoms with Crippen LogP contribution in [0.2, 0.25) is 0 Å². The number of allylic oxidation sites excluding steroid dienone is 2. The summed E-state index contributed by atoms with van der Waals surface area (Å²) >= 11 is 0. The van der Waals surface area contributed by atoms with Gasteiger partial charge in [0.25, 0.3) is 0 Å². The molecule has 0 amide bonds. The molecule has 0 atom stereocenters. The lowest BCUT2D eigenvalue weighted by atomic mass is 10.6. The molecule has 8 heavy (non-hydrogen) atoms. The van der Waals surface area contributed by atoms with Crippen LogP contribution < -0.4 is 0 Å². The van der Waals surface area contributed by atoms with Gasteiger partial charge in [0.2, 0.25) is 0 Å². The number of aliphatic hydroxyl groups excluding tert-OH is 1. The fourth-order valence-corrected chi connectivity index (χ4v) is 1.51. The van der Waals surface area contributed by atoms with Crippen molar-refractivity contribution in [2.45, 2.75) is 6.92 Å². The summed E-state index contributed by atoms with van der Waals surface area (Å²) in [6.07, 6.45) is 3.89. The van der Waals surface area contributed by atoms with Crippen LogP contribution in [0.1, 0.15) is 6.92 Å². The van der Waals surface area contributed by atoms with E-state index in [-0.39, 0.29) is 10.5 Å². The summed E-state index contributed by atoms with van der Waals surface area (Å²) in [6.45, 7) is 1.73. The van der Waals surface area contributed by atoms with E-state index in [9.17, 15) is 0 Å². The van der Waals surface area contributed by atoms with E-state index in [0.29, 0.717) is 5.05 Å². The molecular weight excluding hydrogens is 120 g/mol. The zero-order chi connectivity index (χ0) is 5.98. The Hall–Kier alpha value is -0.340. The van der Waals surface area contributed by atoms with Crippen molar-refractivity contribution in [2.24, 2.45) is 0 Å². The molecule has 1 rings (SSSR count). The van der Waals surface area contributed by atoms with Crippen LogP contribution in [0.15, 0.2) is 23.0 Å². The molecule has 0 aromatic carbocycles. The third-order valence-corrected chi connectivity index (χ3v) is 2.49. The third-order valence-electron chi connectivity index (χ3n) is 0.903. The topological polar surface area (TPSA) is 20.2 Å². The molecule has 0 saturated carbocycles. The van der Waals surface area contributed by atoms with Crippen LogP contribution in [0.5, 0.6) is 0 Å². The van der Waals surface area contributed by atoms with E-state index in [4.69, 9.17) is 5.11 Å². The molecule has 0 fully saturated rings. The molecule has 0 aromatic rings. The van der Waals surface area contributed by atoms with E-state index < -0.39 is 0 Å². The Bertz CT molecular complexity index is 159. The molecule has 1 aliphatic rings. The molecule has 1 nitrogen and oxygen atoms in total. The van der Waals surface area contributed by atoms with Gasteiger partial charge in [-0.05, 0) is 17.7 Å². The standard InChI is InChI=1S/C6H8OS/c1-6(7)8-4-2-3-5-8/h2-5,7H,1H3. The molecule has 0 aromatic heterocycles. The van der Waals surface area contributed by atoms with Gasteiger partial charge in [0.05, 0.1) is 5.05 Å². The quantitative estimate of drug-likeness (QED) is 0.495. The maximum atomic E-state index is 8.88. The number of hydrogen-bond acceptors (Lipinski definition) is 0. The molecule has 1 heterocycles. The van der Waals surface area contributed by atoms with Gasteiger partial charge in [-0.15, -0.1) is 10.5 Å². The Kier molecular flexibility index (Phi) is 1.65. The van der Waals surface area contributed by atoms with Crippen LogP contribution in [0.3, 0.4) is 0 Å². The van der Waals surface area contributed by atoms with Gasteiger partial charge in [-0.2, -0.15) is 0 Å². The summed E-state index contributed by atoms with van der Waals surface area (Å²) < 4.78 is 0. The van der Waals surface area contributed by atoms with Crippen LogP contribution in [0.25, 0.3) is 0 Å². The highest BCUT2D eigenvalue weighted by Gasteiger charge is 1.90. The van der Waals surface area contributed by atoms with Crippen molar-refractivity contribution in [2.75, 3.05) is 0 Å². The molecule has 1 aliphatic heterocycles. The Labute approximate surface area is 51.3 Å². The Balaban J connectivity index is 2.90. The molecule has 0 spiro atoms. The highest BCUT2D eigenvalue weighted by atomic mass is 32.2. The Morgan fingerprint density at radius 3 is 2.12 bits per heavy atom. The molecule has 0 bridgehead atoms. The lowest BCUT2D eigenvalue weighted by Crippen LogP contribution is -1.81. The Morgan fingerprint density at radius 2 is 1.88 bits per heavy atom. The van der Waals surface area contributed by atoms with Gasteiger partial charge in [0, 0.05) is 0 Å². The van der Waals surface area contributed by atoms with E-state index in [0.717, 1.165) is 0 Å². The second-order valence-electron chi connectivity index (χ2n) is 1.55. The smallest absolute Gasteiger partial charge is 0.0768 e. The van der Waals surface area contributed by atoms with Crippen molar-refractivity contribution in [1.29, 1.82) is 0 Å². The first-order chi connectivity index (χ1) is 3.80. The largest absolute Gasteiger partial charge is 0.359 e. The molecule has 44 valence electrons. The van der Waals surface area contributed by atoms with Crippen molar-refractivity contribution in [3.63, 3.8) is 0 Å². The van der Waals surface area contributed by atoms with Crippen LogP contribution in [0.4, 0.5) is 0 Å². The van der Waals surface area contributed by atoms with Crippen molar-refractivity contribution in [1.82, 2.24) is 0 Å². The minimum absolute atomic E-state index is 0.0679. The normalized spacial score (nSPS) is 17.8. The summed E-state index contributed by atoms with van der Waals surface area (Å²) in [5, 5.41) is 13.3. The van der Waals surface area contributed by atoms with Gasteiger partial charge < -0.3 is 5.11 Å². The first-order valence-electron chi connectivity index (χ1n) is 2.40. The average Bonchev–Trinajstić information content (AvgIpc) is 2.12. The Morgan fingerprint density at radius 1 is 1.38 bits per heavy atom. The average molecular weight is 128 g/mol. The zero-order valence-corrected chi connectivity index (χ0v) is 5.48. The molecule has 1 N–H and O–H groups in total.